The van der Waals surface area contributed by atoms with Crippen LogP contribution in [0.4, 0.5) is 5.69 Å². The maximum Gasteiger partial charge on any atom is 0.341 e. The minimum Gasteiger partial charge on any atom is -0.482 e. The van der Waals surface area contributed by atoms with Gasteiger partial charge in [0.1, 0.15) is 5.75 Å². The fourth-order valence-electron chi connectivity index (χ4n) is 4.71. The zero-order chi connectivity index (χ0) is 15.3. The van der Waals surface area contributed by atoms with E-state index in [2.05, 4.69) is 5.32 Å². The van der Waals surface area contributed by atoms with Gasteiger partial charge in [-0.3, -0.25) is 4.79 Å². The molecule has 1 amide bonds. The van der Waals surface area contributed by atoms with Gasteiger partial charge >= 0.3 is 5.97 Å². The lowest BCUT2D eigenvalue weighted by molar-refractivity contribution is -0.139. The van der Waals surface area contributed by atoms with Crippen molar-refractivity contribution in [3.8, 4) is 5.75 Å². The molecule has 5 nitrogen and oxygen atoms in total. The van der Waals surface area contributed by atoms with Crippen LogP contribution < -0.4 is 10.1 Å². The molecule has 4 unspecified atom stereocenters. The second kappa shape index (κ2) is 5.00. The number of carboxylic acid groups (broad SMARTS) is 1. The second-order valence-electron chi connectivity index (χ2n) is 6.71. The van der Waals surface area contributed by atoms with Crippen LogP contribution in [0.5, 0.6) is 5.75 Å². The van der Waals surface area contributed by atoms with Crippen LogP contribution in [-0.4, -0.2) is 23.6 Å². The maximum absolute atomic E-state index is 12.4. The summed E-state index contributed by atoms with van der Waals surface area (Å²) in [6.07, 6.45) is 3.93. The fourth-order valence-corrected chi connectivity index (χ4v) is 4.71. The Morgan fingerprint density at radius 2 is 1.95 bits per heavy atom. The normalized spacial score (nSPS) is 34.1. The van der Waals surface area contributed by atoms with Crippen LogP contribution >= 0.6 is 0 Å². The Balaban J connectivity index is 1.38. The predicted octanol–water partition coefficient (Wildman–Crippen LogP) is 2.38. The highest BCUT2D eigenvalue weighted by Gasteiger charge is 2.67. The third-order valence-corrected chi connectivity index (χ3v) is 5.50. The molecule has 0 aromatic heterocycles. The molecule has 3 fully saturated rings. The molecule has 2 N–H and O–H groups in total. The summed E-state index contributed by atoms with van der Waals surface area (Å²) in [4.78, 5) is 23.0. The number of ether oxygens (including phenoxy) is 1. The molecule has 0 heterocycles. The van der Waals surface area contributed by atoms with Gasteiger partial charge < -0.3 is 15.2 Å². The van der Waals surface area contributed by atoms with Crippen molar-refractivity contribution in [3.05, 3.63) is 24.3 Å². The van der Waals surface area contributed by atoms with E-state index in [1.807, 2.05) is 0 Å². The van der Waals surface area contributed by atoms with Gasteiger partial charge in [-0.2, -0.15) is 0 Å². The summed E-state index contributed by atoms with van der Waals surface area (Å²) in [7, 11) is 0. The first kappa shape index (κ1) is 13.6. The number of hydrogen-bond donors (Lipinski definition) is 2. The van der Waals surface area contributed by atoms with Crippen molar-refractivity contribution in [2.75, 3.05) is 11.9 Å². The summed E-state index contributed by atoms with van der Waals surface area (Å²) >= 11 is 0. The van der Waals surface area contributed by atoms with Crippen LogP contribution in [0.2, 0.25) is 0 Å². The SMILES string of the molecule is O=C(O)COc1cccc(NC(=O)C2C3C4CCC(C4)C23)c1. The monoisotopic (exact) mass is 301 g/mol. The number of carbonyl (C=O) groups is 2. The van der Waals surface area contributed by atoms with Crippen molar-refractivity contribution in [3.63, 3.8) is 0 Å². The van der Waals surface area contributed by atoms with E-state index in [4.69, 9.17) is 9.84 Å². The van der Waals surface area contributed by atoms with E-state index in [1.54, 1.807) is 24.3 Å². The van der Waals surface area contributed by atoms with E-state index in [1.165, 1.54) is 19.3 Å². The van der Waals surface area contributed by atoms with Gasteiger partial charge in [-0.05, 0) is 55.1 Å². The molecule has 3 aliphatic rings. The predicted molar refractivity (Wildman–Crippen MR) is 79.5 cm³/mol. The Kier molecular flexibility index (Phi) is 3.10. The molecule has 5 heteroatoms. The highest BCUT2D eigenvalue weighted by molar-refractivity contribution is 5.95. The summed E-state index contributed by atoms with van der Waals surface area (Å²) in [5.41, 5.74) is 0.671. The Bertz CT molecular complexity index is 613. The van der Waals surface area contributed by atoms with Crippen molar-refractivity contribution >= 4 is 17.6 Å². The second-order valence-corrected chi connectivity index (χ2v) is 6.71. The standard InChI is InChI=1S/C17H19NO4/c19-13(20)8-22-12-3-1-2-11(7-12)18-17(21)16-14-9-4-5-10(6-9)15(14)16/h1-3,7,9-10,14-16H,4-6,8H2,(H,18,21)(H,19,20). The van der Waals surface area contributed by atoms with E-state index < -0.39 is 5.97 Å². The van der Waals surface area contributed by atoms with Gasteiger partial charge in [-0.15, -0.1) is 0 Å². The third kappa shape index (κ3) is 2.25. The highest BCUT2D eigenvalue weighted by Crippen LogP contribution is 2.69. The number of aliphatic carboxylic acids is 1. The van der Waals surface area contributed by atoms with E-state index >= 15 is 0 Å². The summed E-state index contributed by atoms with van der Waals surface area (Å²) < 4.78 is 5.13. The van der Waals surface area contributed by atoms with Gasteiger partial charge in [0.2, 0.25) is 5.91 Å². The molecule has 4 atom stereocenters. The van der Waals surface area contributed by atoms with Gasteiger partial charge in [0.05, 0.1) is 0 Å². The fraction of sp³-hybridized carbons (Fsp3) is 0.529. The molecule has 3 saturated carbocycles. The van der Waals surface area contributed by atoms with Crippen molar-refractivity contribution in [2.24, 2.45) is 29.6 Å². The van der Waals surface area contributed by atoms with Gasteiger partial charge in [-0.1, -0.05) is 6.07 Å². The maximum atomic E-state index is 12.4. The summed E-state index contributed by atoms with van der Waals surface area (Å²) in [5, 5.41) is 11.6. The van der Waals surface area contributed by atoms with Gasteiger partial charge in [-0.25, -0.2) is 4.79 Å². The number of nitrogens with one attached hydrogen (secondary N) is 1. The number of amides is 1. The van der Waals surface area contributed by atoms with E-state index in [9.17, 15) is 9.59 Å². The quantitative estimate of drug-likeness (QED) is 0.875. The highest BCUT2D eigenvalue weighted by atomic mass is 16.5. The molecular weight excluding hydrogens is 282 g/mol. The number of hydrogen-bond acceptors (Lipinski definition) is 3. The average molecular weight is 301 g/mol. The minimum atomic E-state index is -1.02. The zero-order valence-electron chi connectivity index (χ0n) is 12.2. The molecule has 22 heavy (non-hydrogen) atoms. The third-order valence-electron chi connectivity index (χ3n) is 5.50. The Hall–Kier alpha value is -2.04. The molecule has 0 radical (unpaired) electrons. The van der Waals surface area contributed by atoms with Crippen LogP contribution in [0.15, 0.2) is 24.3 Å². The molecule has 116 valence electrons. The average Bonchev–Trinajstić information content (AvgIpc) is 2.94. The van der Waals surface area contributed by atoms with Crippen LogP contribution in [0.25, 0.3) is 0 Å². The van der Waals surface area contributed by atoms with E-state index in [0.717, 1.165) is 11.8 Å². The molecule has 3 aliphatic carbocycles. The summed E-state index contributed by atoms with van der Waals surface area (Å²) in [5.74, 6) is 2.52. The topological polar surface area (TPSA) is 75.6 Å². The molecule has 4 rings (SSSR count). The molecular formula is C17H19NO4. The lowest BCUT2D eigenvalue weighted by atomic mass is 10.0. The molecule has 0 spiro atoms. The van der Waals surface area contributed by atoms with Gasteiger partial charge in [0.25, 0.3) is 0 Å². The van der Waals surface area contributed by atoms with Crippen molar-refractivity contribution < 1.29 is 19.4 Å². The van der Waals surface area contributed by atoms with Crippen molar-refractivity contribution in [1.82, 2.24) is 0 Å². The Morgan fingerprint density at radius 3 is 2.64 bits per heavy atom. The number of rotatable bonds is 5. The van der Waals surface area contributed by atoms with E-state index in [0.29, 0.717) is 23.3 Å². The summed E-state index contributed by atoms with van der Waals surface area (Å²) in [6, 6.07) is 6.92. The molecule has 0 saturated heterocycles. The number of anilines is 1. The number of benzene rings is 1. The first-order valence-corrected chi connectivity index (χ1v) is 7.89. The molecule has 1 aromatic carbocycles. The van der Waals surface area contributed by atoms with Gasteiger partial charge in [0.15, 0.2) is 6.61 Å². The van der Waals surface area contributed by atoms with Crippen LogP contribution in [0, 0.1) is 29.6 Å². The van der Waals surface area contributed by atoms with Crippen molar-refractivity contribution in [2.45, 2.75) is 19.3 Å². The smallest absolute Gasteiger partial charge is 0.341 e. The first-order valence-electron chi connectivity index (χ1n) is 7.89. The van der Waals surface area contributed by atoms with Crippen LogP contribution in [-0.2, 0) is 9.59 Å². The largest absolute Gasteiger partial charge is 0.482 e. The first-order chi connectivity index (χ1) is 10.6. The number of carbonyl (C=O) groups excluding carboxylic acids is 1. The molecule has 1 aromatic rings. The van der Waals surface area contributed by atoms with Crippen molar-refractivity contribution in [1.29, 1.82) is 0 Å². The van der Waals surface area contributed by atoms with Crippen LogP contribution in [0.3, 0.4) is 0 Å². The lowest BCUT2D eigenvalue weighted by Crippen LogP contribution is -2.18. The Labute approximate surface area is 128 Å². The zero-order valence-corrected chi connectivity index (χ0v) is 12.2. The summed E-state index contributed by atoms with van der Waals surface area (Å²) in [6.45, 7) is -0.381. The number of carboxylic acids is 1. The van der Waals surface area contributed by atoms with E-state index in [-0.39, 0.29) is 18.4 Å². The van der Waals surface area contributed by atoms with Crippen LogP contribution in [0.1, 0.15) is 19.3 Å². The lowest BCUT2D eigenvalue weighted by Gasteiger charge is -2.11. The molecule has 0 aliphatic heterocycles. The number of fused-ring (bicyclic) bond motifs is 5. The minimum absolute atomic E-state index is 0.113. The Morgan fingerprint density at radius 1 is 1.23 bits per heavy atom. The van der Waals surface area contributed by atoms with Gasteiger partial charge in [0, 0.05) is 17.7 Å². The molecule has 2 bridgehead atoms.